The minimum Gasteiger partial charge on any atom is -0.492 e. The molecule has 130 valence electrons. The molecule has 0 aromatic heterocycles. The highest BCUT2D eigenvalue weighted by Crippen LogP contribution is 2.15. The predicted molar refractivity (Wildman–Crippen MR) is 103 cm³/mol. The summed E-state index contributed by atoms with van der Waals surface area (Å²) in [4.78, 5) is 17.1. The molecule has 8 heteroatoms. The van der Waals surface area contributed by atoms with Gasteiger partial charge in [-0.15, -0.1) is 24.0 Å². The maximum atomic E-state index is 11.1. The zero-order chi connectivity index (χ0) is 16.4. The molecular weight excluding hydrogens is 433 g/mol. The van der Waals surface area contributed by atoms with E-state index in [1.807, 2.05) is 24.1 Å². The van der Waals surface area contributed by atoms with Crippen molar-refractivity contribution in [1.82, 2.24) is 10.2 Å². The molecule has 0 unspecified atom stereocenters. The SMILES string of the molecule is CN=C(NCCC(=O)OC)N(C)CCOc1ccc(Cl)cc1.I. The molecule has 1 aromatic rings. The van der Waals surface area contributed by atoms with Gasteiger partial charge in [-0.3, -0.25) is 9.79 Å². The highest BCUT2D eigenvalue weighted by Gasteiger charge is 2.07. The second kappa shape index (κ2) is 12.2. The Kier molecular flexibility index (Phi) is 11.6. The summed E-state index contributed by atoms with van der Waals surface area (Å²) in [5, 5.41) is 3.77. The molecule has 0 aliphatic heterocycles. The van der Waals surface area contributed by atoms with E-state index in [9.17, 15) is 4.79 Å². The number of nitrogens with one attached hydrogen (secondary N) is 1. The summed E-state index contributed by atoms with van der Waals surface area (Å²) in [5.41, 5.74) is 0. The van der Waals surface area contributed by atoms with Crippen molar-refractivity contribution in [2.75, 3.05) is 40.9 Å². The van der Waals surface area contributed by atoms with Crippen LogP contribution in [0.2, 0.25) is 5.02 Å². The Balaban J connectivity index is 0.00000484. The molecule has 0 radical (unpaired) electrons. The van der Waals surface area contributed by atoms with Crippen molar-refractivity contribution in [3.63, 3.8) is 0 Å². The van der Waals surface area contributed by atoms with E-state index in [4.69, 9.17) is 16.3 Å². The monoisotopic (exact) mass is 455 g/mol. The lowest BCUT2D eigenvalue weighted by atomic mass is 10.3. The molecule has 0 heterocycles. The maximum Gasteiger partial charge on any atom is 0.307 e. The van der Waals surface area contributed by atoms with Crippen LogP contribution in [-0.2, 0) is 9.53 Å². The summed E-state index contributed by atoms with van der Waals surface area (Å²) < 4.78 is 10.2. The third kappa shape index (κ3) is 8.85. The van der Waals surface area contributed by atoms with Gasteiger partial charge in [0.05, 0.1) is 20.1 Å². The smallest absolute Gasteiger partial charge is 0.307 e. The number of aliphatic imine (C=N–C) groups is 1. The second-order valence-electron chi connectivity index (χ2n) is 4.52. The molecule has 1 rings (SSSR count). The van der Waals surface area contributed by atoms with E-state index < -0.39 is 0 Å². The Morgan fingerprint density at radius 1 is 1.35 bits per heavy atom. The van der Waals surface area contributed by atoms with Crippen LogP contribution in [0, 0.1) is 0 Å². The van der Waals surface area contributed by atoms with Gasteiger partial charge in [-0.25, -0.2) is 0 Å². The van der Waals surface area contributed by atoms with Crippen LogP contribution in [0.4, 0.5) is 0 Å². The molecule has 0 saturated heterocycles. The summed E-state index contributed by atoms with van der Waals surface area (Å²) in [6.45, 7) is 1.64. The lowest BCUT2D eigenvalue weighted by Crippen LogP contribution is -2.41. The number of methoxy groups -OCH3 is 1. The molecule has 23 heavy (non-hydrogen) atoms. The number of benzene rings is 1. The number of esters is 1. The molecule has 0 aliphatic rings. The highest BCUT2D eigenvalue weighted by molar-refractivity contribution is 14.0. The fourth-order valence-corrected chi connectivity index (χ4v) is 1.83. The number of likely N-dealkylation sites (N-methyl/N-ethyl adjacent to an activating group) is 1. The molecule has 0 bridgehead atoms. The van der Waals surface area contributed by atoms with E-state index in [2.05, 4.69) is 15.0 Å². The van der Waals surface area contributed by atoms with Crippen molar-refractivity contribution in [1.29, 1.82) is 0 Å². The number of hydrogen-bond donors (Lipinski definition) is 1. The molecule has 1 N–H and O–H groups in total. The molecule has 0 atom stereocenters. The van der Waals surface area contributed by atoms with E-state index in [1.165, 1.54) is 7.11 Å². The Morgan fingerprint density at radius 2 is 2.00 bits per heavy atom. The Bertz CT molecular complexity index is 497. The first-order valence-electron chi connectivity index (χ1n) is 6.93. The quantitative estimate of drug-likeness (QED) is 0.296. The van der Waals surface area contributed by atoms with Gasteiger partial charge in [-0.2, -0.15) is 0 Å². The Hall–Kier alpha value is -1.22. The minimum atomic E-state index is -0.253. The number of guanidine groups is 1. The van der Waals surface area contributed by atoms with Gasteiger partial charge in [-0.1, -0.05) is 11.6 Å². The summed E-state index contributed by atoms with van der Waals surface area (Å²) in [7, 11) is 4.97. The molecule has 6 nitrogen and oxygen atoms in total. The van der Waals surface area contributed by atoms with Crippen molar-refractivity contribution in [2.24, 2.45) is 4.99 Å². The highest BCUT2D eigenvalue weighted by atomic mass is 127. The largest absolute Gasteiger partial charge is 0.492 e. The predicted octanol–water partition coefficient (Wildman–Crippen LogP) is 2.41. The molecule has 0 amide bonds. The number of ether oxygens (including phenoxy) is 2. The van der Waals surface area contributed by atoms with Gasteiger partial charge in [0, 0.05) is 25.7 Å². The molecular formula is C15H23ClIN3O3. The van der Waals surface area contributed by atoms with Gasteiger partial charge < -0.3 is 19.7 Å². The van der Waals surface area contributed by atoms with Gasteiger partial charge in [0.1, 0.15) is 12.4 Å². The third-order valence-electron chi connectivity index (χ3n) is 2.92. The summed E-state index contributed by atoms with van der Waals surface area (Å²) >= 11 is 5.82. The van der Waals surface area contributed by atoms with Gasteiger partial charge in [0.25, 0.3) is 0 Å². The number of rotatable bonds is 7. The molecule has 0 aliphatic carbocycles. The van der Waals surface area contributed by atoms with Crippen molar-refractivity contribution < 1.29 is 14.3 Å². The number of carbonyl (C=O) groups excluding carboxylic acids is 1. The molecule has 0 saturated carbocycles. The Morgan fingerprint density at radius 3 is 2.57 bits per heavy atom. The lowest BCUT2D eigenvalue weighted by molar-refractivity contribution is -0.140. The van der Waals surface area contributed by atoms with Crippen LogP contribution in [-0.4, -0.2) is 57.7 Å². The van der Waals surface area contributed by atoms with Crippen molar-refractivity contribution in [2.45, 2.75) is 6.42 Å². The van der Waals surface area contributed by atoms with Gasteiger partial charge >= 0.3 is 5.97 Å². The van der Waals surface area contributed by atoms with Crippen LogP contribution in [0.5, 0.6) is 5.75 Å². The summed E-state index contributed by atoms with van der Waals surface area (Å²) in [5.74, 6) is 1.21. The maximum absolute atomic E-state index is 11.1. The van der Waals surface area contributed by atoms with E-state index in [0.29, 0.717) is 37.1 Å². The van der Waals surface area contributed by atoms with E-state index >= 15 is 0 Å². The van der Waals surface area contributed by atoms with Gasteiger partial charge in [0.2, 0.25) is 0 Å². The normalized spacial score (nSPS) is 10.5. The van der Waals surface area contributed by atoms with Crippen molar-refractivity contribution >= 4 is 47.5 Å². The lowest BCUT2D eigenvalue weighted by Gasteiger charge is -2.22. The first-order valence-corrected chi connectivity index (χ1v) is 7.31. The average Bonchev–Trinajstić information content (AvgIpc) is 2.53. The van der Waals surface area contributed by atoms with Crippen LogP contribution >= 0.6 is 35.6 Å². The van der Waals surface area contributed by atoms with Crippen LogP contribution in [0.1, 0.15) is 6.42 Å². The van der Waals surface area contributed by atoms with E-state index in [-0.39, 0.29) is 29.9 Å². The van der Waals surface area contributed by atoms with Crippen LogP contribution in [0.15, 0.2) is 29.3 Å². The number of halogens is 2. The fourth-order valence-electron chi connectivity index (χ4n) is 1.70. The van der Waals surface area contributed by atoms with E-state index in [1.54, 1.807) is 19.2 Å². The number of carbonyl (C=O) groups is 1. The Labute approximate surface area is 159 Å². The number of nitrogens with zero attached hydrogens (tertiary/aromatic N) is 2. The van der Waals surface area contributed by atoms with Crippen LogP contribution < -0.4 is 10.1 Å². The molecule has 0 fully saturated rings. The zero-order valence-corrected chi connectivity index (χ0v) is 16.6. The first-order chi connectivity index (χ1) is 10.6. The van der Waals surface area contributed by atoms with Crippen molar-refractivity contribution in [3.8, 4) is 5.75 Å². The topological polar surface area (TPSA) is 63.2 Å². The average molecular weight is 456 g/mol. The first kappa shape index (κ1) is 21.8. The summed E-state index contributed by atoms with van der Waals surface area (Å²) in [6, 6.07) is 7.22. The molecule has 1 aromatic carbocycles. The zero-order valence-electron chi connectivity index (χ0n) is 13.5. The number of hydrogen-bond acceptors (Lipinski definition) is 4. The fraction of sp³-hybridized carbons (Fsp3) is 0.467. The minimum absolute atomic E-state index is 0. The van der Waals surface area contributed by atoms with Crippen molar-refractivity contribution in [3.05, 3.63) is 29.3 Å². The third-order valence-corrected chi connectivity index (χ3v) is 3.17. The van der Waals surface area contributed by atoms with Crippen LogP contribution in [0.25, 0.3) is 0 Å². The van der Waals surface area contributed by atoms with E-state index in [0.717, 1.165) is 5.75 Å². The van der Waals surface area contributed by atoms with Gasteiger partial charge in [0.15, 0.2) is 5.96 Å². The second-order valence-corrected chi connectivity index (χ2v) is 4.96. The molecule has 0 spiro atoms. The summed E-state index contributed by atoms with van der Waals surface area (Å²) in [6.07, 6.45) is 0.296. The van der Waals surface area contributed by atoms with Gasteiger partial charge in [-0.05, 0) is 24.3 Å². The standard InChI is InChI=1S/C15H22ClN3O3.HI/c1-17-15(18-9-8-14(20)21-3)19(2)10-11-22-13-6-4-12(16)5-7-13;/h4-7H,8-11H2,1-3H3,(H,17,18);1H. The van der Waals surface area contributed by atoms with Crippen LogP contribution in [0.3, 0.4) is 0 Å².